The van der Waals surface area contributed by atoms with Gasteiger partial charge in [-0.2, -0.15) is 0 Å². The molecule has 3 N–H and O–H groups in total. The van der Waals surface area contributed by atoms with Crippen LogP contribution in [-0.2, 0) is 9.63 Å². The first-order valence-electron chi connectivity index (χ1n) is 10.6. The third-order valence-electron chi connectivity index (χ3n) is 5.37. The third kappa shape index (κ3) is 5.86. The summed E-state index contributed by atoms with van der Waals surface area (Å²) in [5.74, 6) is 0.835. The molecule has 32 heavy (non-hydrogen) atoms. The monoisotopic (exact) mass is 459 g/mol. The fraction of sp³-hybridized carbons (Fsp3) is 0.455. The van der Waals surface area contributed by atoms with Crippen molar-refractivity contribution >= 4 is 35.4 Å². The van der Waals surface area contributed by atoms with Crippen LogP contribution in [0, 0.1) is 0 Å². The highest BCUT2D eigenvalue weighted by molar-refractivity contribution is 6.30. The van der Waals surface area contributed by atoms with Crippen LogP contribution in [0.3, 0.4) is 0 Å². The molecule has 172 valence electrons. The third-order valence-corrected chi connectivity index (χ3v) is 5.62. The fourth-order valence-electron chi connectivity index (χ4n) is 3.64. The zero-order valence-corrected chi connectivity index (χ0v) is 19.4. The molecule has 1 aliphatic heterocycles. The highest BCUT2D eigenvalue weighted by Gasteiger charge is 2.30. The SMILES string of the molecule is CON=Cc1c(N)ncnc1N1CCN(C(=O)C(CNC(C)C)c2ccc(Cl)cc2)CC1. The molecule has 0 saturated carbocycles. The van der Waals surface area contributed by atoms with Crippen LogP contribution in [0.4, 0.5) is 11.6 Å². The smallest absolute Gasteiger partial charge is 0.231 e. The molecule has 1 atom stereocenters. The van der Waals surface area contributed by atoms with Crippen molar-refractivity contribution in [3.8, 4) is 0 Å². The molecule has 2 heterocycles. The first-order valence-corrected chi connectivity index (χ1v) is 11.0. The number of amides is 1. The van der Waals surface area contributed by atoms with Gasteiger partial charge in [-0.1, -0.05) is 42.7 Å². The summed E-state index contributed by atoms with van der Waals surface area (Å²) in [7, 11) is 1.46. The van der Waals surface area contributed by atoms with Gasteiger partial charge in [0.05, 0.1) is 17.7 Å². The molecular weight excluding hydrogens is 430 g/mol. The molecule has 1 amide bonds. The van der Waals surface area contributed by atoms with Crippen molar-refractivity contribution < 1.29 is 9.63 Å². The molecule has 1 unspecified atom stereocenters. The number of nitrogens with zero attached hydrogens (tertiary/aromatic N) is 5. The summed E-state index contributed by atoms with van der Waals surface area (Å²) < 4.78 is 0. The average molecular weight is 460 g/mol. The molecule has 9 nitrogen and oxygen atoms in total. The minimum Gasteiger partial charge on any atom is -0.399 e. The molecule has 2 aromatic rings. The summed E-state index contributed by atoms with van der Waals surface area (Å²) in [6.07, 6.45) is 2.94. The van der Waals surface area contributed by atoms with E-state index in [2.05, 4.69) is 39.2 Å². The van der Waals surface area contributed by atoms with Crippen LogP contribution in [0.15, 0.2) is 35.7 Å². The predicted molar refractivity (Wildman–Crippen MR) is 127 cm³/mol. The number of nitrogen functional groups attached to an aromatic ring is 1. The van der Waals surface area contributed by atoms with Gasteiger partial charge in [0.15, 0.2) is 0 Å². The van der Waals surface area contributed by atoms with Gasteiger partial charge in [-0.15, -0.1) is 0 Å². The Morgan fingerprint density at radius 2 is 1.94 bits per heavy atom. The van der Waals surface area contributed by atoms with Gasteiger partial charge in [-0.05, 0) is 17.7 Å². The summed E-state index contributed by atoms with van der Waals surface area (Å²) in [5, 5.41) is 7.86. The van der Waals surface area contributed by atoms with E-state index in [0.29, 0.717) is 54.9 Å². The maximum atomic E-state index is 13.5. The van der Waals surface area contributed by atoms with E-state index in [4.69, 9.17) is 22.2 Å². The molecule has 0 radical (unpaired) electrons. The lowest BCUT2D eigenvalue weighted by Crippen LogP contribution is -2.51. The van der Waals surface area contributed by atoms with E-state index >= 15 is 0 Å². The van der Waals surface area contributed by atoms with Gasteiger partial charge >= 0.3 is 0 Å². The van der Waals surface area contributed by atoms with Gasteiger partial charge in [0, 0.05) is 43.8 Å². The number of carbonyl (C=O) groups is 1. The molecule has 1 aliphatic rings. The van der Waals surface area contributed by atoms with Crippen LogP contribution < -0.4 is 16.0 Å². The summed E-state index contributed by atoms with van der Waals surface area (Å²) in [4.78, 5) is 30.7. The van der Waals surface area contributed by atoms with Crippen LogP contribution in [-0.4, -0.2) is 72.9 Å². The lowest BCUT2D eigenvalue weighted by Gasteiger charge is -2.37. The Bertz CT molecular complexity index is 928. The Kier molecular flexibility index (Phi) is 8.24. The van der Waals surface area contributed by atoms with E-state index in [1.54, 1.807) is 0 Å². The number of rotatable bonds is 8. The highest BCUT2D eigenvalue weighted by atomic mass is 35.5. The molecule has 10 heteroatoms. The number of aromatic nitrogens is 2. The lowest BCUT2D eigenvalue weighted by atomic mass is 9.96. The first-order chi connectivity index (χ1) is 15.4. The van der Waals surface area contributed by atoms with Crippen LogP contribution in [0.25, 0.3) is 0 Å². The molecule has 0 spiro atoms. The number of piperazine rings is 1. The second-order valence-corrected chi connectivity index (χ2v) is 8.33. The van der Waals surface area contributed by atoms with Crippen LogP contribution in [0.2, 0.25) is 5.02 Å². The van der Waals surface area contributed by atoms with Crippen LogP contribution >= 0.6 is 11.6 Å². The Hall–Kier alpha value is -2.91. The summed E-state index contributed by atoms with van der Waals surface area (Å²) in [6, 6.07) is 7.78. The molecule has 0 aliphatic carbocycles. The predicted octanol–water partition coefficient (Wildman–Crippen LogP) is 2.12. The second kappa shape index (κ2) is 11.1. The number of benzene rings is 1. The number of oxime groups is 1. The van der Waals surface area contributed by atoms with E-state index in [1.807, 2.05) is 29.2 Å². The Balaban J connectivity index is 1.73. The number of nitrogens with one attached hydrogen (secondary N) is 1. The van der Waals surface area contributed by atoms with E-state index in [0.717, 1.165) is 5.56 Å². The molecule has 1 aromatic heterocycles. The number of nitrogens with two attached hydrogens (primary N) is 1. The standard InChI is InChI=1S/C22H30ClN7O2/c1-15(2)25-12-18(16-4-6-17(23)7-5-16)22(31)30-10-8-29(9-11-30)21-19(13-28-32-3)20(24)26-14-27-21/h4-7,13-15,18,25H,8-12H2,1-3H3,(H2,24,26,27). The quantitative estimate of drug-likeness (QED) is 0.459. The zero-order chi connectivity index (χ0) is 23.1. The van der Waals surface area contributed by atoms with Crippen molar-refractivity contribution in [1.82, 2.24) is 20.2 Å². The minimum absolute atomic E-state index is 0.100. The molecular formula is C22H30ClN7O2. The van der Waals surface area contributed by atoms with Crippen molar-refractivity contribution in [1.29, 1.82) is 0 Å². The van der Waals surface area contributed by atoms with Gasteiger partial charge in [0.2, 0.25) is 5.91 Å². The van der Waals surface area contributed by atoms with E-state index in [9.17, 15) is 4.79 Å². The van der Waals surface area contributed by atoms with Crippen LogP contribution in [0.1, 0.15) is 30.9 Å². The Morgan fingerprint density at radius 3 is 2.56 bits per heavy atom. The van der Waals surface area contributed by atoms with Gasteiger partial charge < -0.3 is 25.7 Å². The average Bonchev–Trinajstić information content (AvgIpc) is 2.79. The molecule has 1 fully saturated rings. The molecule has 0 bridgehead atoms. The molecule has 3 rings (SSSR count). The summed E-state index contributed by atoms with van der Waals surface area (Å²) >= 11 is 6.05. The summed E-state index contributed by atoms with van der Waals surface area (Å²) in [6.45, 7) is 7.12. The first kappa shape index (κ1) is 23.7. The van der Waals surface area contributed by atoms with Gasteiger partial charge in [-0.3, -0.25) is 4.79 Å². The van der Waals surface area contributed by atoms with E-state index < -0.39 is 0 Å². The number of halogens is 1. The van der Waals surface area contributed by atoms with Gasteiger partial charge in [-0.25, -0.2) is 9.97 Å². The highest BCUT2D eigenvalue weighted by Crippen LogP contribution is 2.24. The largest absolute Gasteiger partial charge is 0.399 e. The van der Waals surface area contributed by atoms with Crippen molar-refractivity contribution in [2.45, 2.75) is 25.8 Å². The summed E-state index contributed by atoms with van der Waals surface area (Å²) in [5.41, 5.74) is 7.57. The maximum Gasteiger partial charge on any atom is 0.231 e. The Labute approximate surface area is 193 Å². The lowest BCUT2D eigenvalue weighted by molar-refractivity contribution is -0.133. The maximum absolute atomic E-state index is 13.5. The van der Waals surface area contributed by atoms with Crippen molar-refractivity contribution in [2.24, 2.45) is 5.16 Å². The Morgan fingerprint density at radius 1 is 1.25 bits per heavy atom. The number of anilines is 2. The zero-order valence-electron chi connectivity index (χ0n) is 18.7. The molecule has 1 aromatic carbocycles. The normalized spacial score (nSPS) is 15.4. The van der Waals surface area contributed by atoms with Crippen molar-refractivity contribution in [2.75, 3.05) is 50.5 Å². The van der Waals surface area contributed by atoms with Crippen molar-refractivity contribution in [3.63, 3.8) is 0 Å². The minimum atomic E-state index is -0.277. The van der Waals surface area contributed by atoms with E-state index in [1.165, 1.54) is 19.7 Å². The van der Waals surface area contributed by atoms with Gasteiger partial charge in [0.25, 0.3) is 0 Å². The van der Waals surface area contributed by atoms with E-state index in [-0.39, 0.29) is 17.9 Å². The number of hydrogen-bond acceptors (Lipinski definition) is 8. The topological polar surface area (TPSA) is 109 Å². The van der Waals surface area contributed by atoms with Crippen LogP contribution in [0.5, 0.6) is 0 Å². The van der Waals surface area contributed by atoms with Crippen molar-refractivity contribution in [3.05, 3.63) is 46.7 Å². The molecule has 1 saturated heterocycles. The number of carbonyl (C=O) groups excluding carboxylic acids is 1. The van der Waals surface area contributed by atoms with Gasteiger partial charge in [0.1, 0.15) is 25.1 Å². The second-order valence-electron chi connectivity index (χ2n) is 7.89. The number of hydrogen-bond donors (Lipinski definition) is 2. The fourth-order valence-corrected chi connectivity index (χ4v) is 3.76.